The number of benzene rings is 1. The molecule has 0 spiro atoms. The Morgan fingerprint density at radius 1 is 1.23 bits per heavy atom. The first-order valence-corrected chi connectivity index (χ1v) is 9.85. The van der Waals surface area contributed by atoms with Gasteiger partial charge in [0.15, 0.2) is 0 Å². The molecule has 4 rings (SSSR count). The van der Waals surface area contributed by atoms with E-state index in [0.29, 0.717) is 34.6 Å². The van der Waals surface area contributed by atoms with Crippen molar-refractivity contribution in [3.05, 3.63) is 41.3 Å². The summed E-state index contributed by atoms with van der Waals surface area (Å²) in [5.41, 5.74) is 4.64. The fourth-order valence-electron chi connectivity index (χ4n) is 3.77. The zero-order chi connectivity index (χ0) is 22.3. The third-order valence-electron chi connectivity index (χ3n) is 5.07. The second kappa shape index (κ2) is 7.75. The number of anilines is 1. The van der Waals surface area contributed by atoms with Crippen molar-refractivity contribution in [1.82, 2.24) is 25.4 Å². The topological polar surface area (TPSA) is 125 Å². The number of nitrogens with one attached hydrogen (secondary N) is 4. The van der Waals surface area contributed by atoms with Gasteiger partial charge >= 0.3 is 0 Å². The summed E-state index contributed by atoms with van der Waals surface area (Å²) < 4.78 is 11.1. The SMILES string of the molecule is CN/C(=C\C(C)=N)Nc1nc(C)nc2[nH]c3cc(-c4c(C)noc4C)c(OC)cc3c12. The number of aryl methyl sites for hydroxylation is 3. The van der Waals surface area contributed by atoms with Gasteiger partial charge in [0.05, 0.1) is 23.8 Å². The van der Waals surface area contributed by atoms with E-state index in [1.54, 1.807) is 27.2 Å². The summed E-state index contributed by atoms with van der Waals surface area (Å²) >= 11 is 0. The number of fused-ring (bicyclic) bond motifs is 3. The Labute approximate surface area is 179 Å². The Morgan fingerprint density at radius 3 is 2.61 bits per heavy atom. The van der Waals surface area contributed by atoms with Gasteiger partial charge in [-0.15, -0.1) is 0 Å². The molecule has 9 nitrogen and oxygen atoms in total. The molecule has 3 aromatic heterocycles. The number of H-pyrrole nitrogens is 1. The standard InChI is InChI=1S/C22H25N7O2/c1-10(23)7-18(24-5)28-22-20-14-9-17(30-6)15(19-11(2)29-31-12(19)3)8-16(14)27-21(20)25-13(4)26-22/h7-9,23-24H,1-6H3,(H2,25,26,27,28)/b18-7+,23-10?. The van der Waals surface area contributed by atoms with Gasteiger partial charge in [-0.2, -0.15) is 0 Å². The molecule has 0 bridgehead atoms. The minimum absolute atomic E-state index is 0.420. The number of aromatic amines is 1. The lowest BCUT2D eigenvalue weighted by molar-refractivity contribution is 0.393. The first-order chi connectivity index (χ1) is 14.8. The average Bonchev–Trinajstić information content (AvgIpc) is 3.24. The number of hydrogen-bond acceptors (Lipinski definition) is 8. The van der Waals surface area contributed by atoms with Crippen LogP contribution in [-0.2, 0) is 0 Å². The maximum atomic E-state index is 7.76. The highest BCUT2D eigenvalue weighted by atomic mass is 16.5. The van der Waals surface area contributed by atoms with E-state index in [1.165, 1.54) is 0 Å². The van der Waals surface area contributed by atoms with E-state index in [-0.39, 0.29) is 0 Å². The molecule has 0 saturated heterocycles. The molecule has 0 amide bonds. The molecule has 4 aromatic rings. The average molecular weight is 419 g/mol. The molecule has 9 heteroatoms. The number of rotatable bonds is 6. The van der Waals surface area contributed by atoms with E-state index in [0.717, 1.165) is 38.9 Å². The third-order valence-corrected chi connectivity index (χ3v) is 5.07. The zero-order valence-corrected chi connectivity index (χ0v) is 18.4. The highest BCUT2D eigenvalue weighted by Crippen LogP contribution is 2.40. The molecule has 160 valence electrons. The van der Waals surface area contributed by atoms with Crippen molar-refractivity contribution in [2.75, 3.05) is 19.5 Å². The minimum Gasteiger partial charge on any atom is -0.496 e. The molecule has 4 N–H and O–H groups in total. The quantitative estimate of drug-likeness (QED) is 0.345. The van der Waals surface area contributed by atoms with Crippen molar-refractivity contribution in [3.8, 4) is 16.9 Å². The molecule has 31 heavy (non-hydrogen) atoms. The number of ether oxygens (including phenoxy) is 1. The van der Waals surface area contributed by atoms with Gasteiger partial charge in [-0.3, -0.25) is 0 Å². The van der Waals surface area contributed by atoms with Gasteiger partial charge in [0.25, 0.3) is 0 Å². The molecule has 0 saturated carbocycles. The number of aromatic nitrogens is 4. The maximum absolute atomic E-state index is 7.76. The monoisotopic (exact) mass is 419 g/mol. The van der Waals surface area contributed by atoms with Crippen molar-refractivity contribution < 1.29 is 9.26 Å². The molecule has 0 radical (unpaired) electrons. The Morgan fingerprint density at radius 2 is 2.00 bits per heavy atom. The van der Waals surface area contributed by atoms with Crippen molar-refractivity contribution in [1.29, 1.82) is 5.41 Å². The Hall–Kier alpha value is -3.88. The first kappa shape index (κ1) is 20.4. The molecule has 0 atom stereocenters. The minimum atomic E-state index is 0.420. The normalized spacial score (nSPS) is 11.9. The lowest BCUT2D eigenvalue weighted by Gasteiger charge is -2.12. The van der Waals surface area contributed by atoms with Crippen LogP contribution in [0.5, 0.6) is 5.75 Å². The lowest BCUT2D eigenvalue weighted by Crippen LogP contribution is -2.17. The van der Waals surface area contributed by atoms with Gasteiger partial charge in [-0.1, -0.05) is 5.16 Å². The summed E-state index contributed by atoms with van der Waals surface area (Å²) in [7, 11) is 3.44. The summed E-state index contributed by atoms with van der Waals surface area (Å²) in [6.45, 7) is 7.36. The first-order valence-electron chi connectivity index (χ1n) is 9.85. The van der Waals surface area contributed by atoms with E-state index in [2.05, 4.69) is 30.7 Å². The van der Waals surface area contributed by atoms with Gasteiger partial charge in [0.2, 0.25) is 0 Å². The molecule has 0 fully saturated rings. The number of allylic oxidation sites excluding steroid dienone is 1. The molecule has 0 aliphatic rings. The van der Waals surface area contributed by atoms with Gasteiger partial charge < -0.3 is 30.3 Å². The van der Waals surface area contributed by atoms with Crippen molar-refractivity contribution in [2.24, 2.45) is 0 Å². The maximum Gasteiger partial charge on any atom is 0.145 e. The number of nitrogens with zero attached hydrogens (tertiary/aromatic N) is 3. The van der Waals surface area contributed by atoms with Gasteiger partial charge in [-0.05, 0) is 45.9 Å². The second-order valence-electron chi connectivity index (χ2n) is 7.38. The highest BCUT2D eigenvalue weighted by Gasteiger charge is 2.20. The van der Waals surface area contributed by atoms with Crippen LogP contribution in [0, 0.1) is 26.2 Å². The molecule has 3 heterocycles. The third kappa shape index (κ3) is 3.58. The predicted octanol–water partition coefficient (Wildman–Crippen LogP) is 4.21. The van der Waals surface area contributed by atoms with Crippen molar-refractivity contribution in [2.45, 2.75) is 27.7 Å². The Bertz CT molecular complexity index is 1330. The molecule has 0 aliphatic carbocycles. The number of methoxy groups -OCH3 is 1. The molecule has 0 unspecified atom stereocenters. The van der Waals surface area contributed by atoms with Crippen LogP contribution in [0.4, 0.5) is 5.82 Å². The van der Waals surface area contributed by atoms with E-state index in [4.69, 9.17) is 14.7 Å². The van der Waals surface area contributed by atoms with Crippen LogP contribution >= 0.6 is 0 Å². The molecular weight excluding hydrogens is 394 g/mol. The van der Waals surface area contributed by atoms with Gasteiger partial charge in [0, 0.05) is 29.2 Å². The van der Waals surface area contributed by atoms with Crippen molar-refractivity contribution >= 4 is 33.5 Å². The smallest absolute Gasteiger partial charge is 0.145 e. The van der Waals surface area contributed by atoms with E-state index < -0.39 is 0 Å². The Kier molecular flexibility index (Phi) is 5.10. The largest absolute Gasteiger partial charge is 0.496 e. The van der Waals surface area contributed by atoms with Crippen LogP contribution in [0.1, 0.15) is 24.2 Å². The molecular formula is C22H25N7O2. The highest BCUT2D eigenvalue weighted by molar-refractivity contribution is 6.13. The number of hydrogen-bond donors (Lipinski definition) is 4. The van der Waals surface area contributed by atoms with Gasteiger partial charge in [0.1, 0.15) is 34.6 Å². The summed E-state index contributed by atoms with van der Waals surface area (Å²) in [5.74, 6) is 3.37. The van der Waals surface area contributed by atoms with Crippen LogP contribution in [0.15, 0.2) is 28.6 Å². The summed E-state index contributed by atoms with van der Waals surface area (Å²) in [5, 5.41) is 20.0. The predicted molar refractivity (Wildman–Crippen MR) is 122 cm³/mol. The van der Waals surface area contributed by atoms with E-state index >= 15 is 0 Å². The summed E-state index contributed by atoms with van der Waals surface area (Å²) in [4.78, 5) is 12.6. The van der Waals surface area contributed by atoms with Crippen LogP contribution in [-0.4, -0.2) is 40.0 Å². The fraction of sp³-hybridized carbons (Fsp3) is 0.273. The van der Waals surface area contributed by atoms with Crippen molar-refractivity contribution in [3.63, 3.8) is 0 Å². The fourth-order valence-corrected chi connectivity index (χ4v) is 3.77. The lowest BCUT2D eigenvalue weighted by atomic mass is 10.0. The summed E-state index contributed by atoms with van der Waals surface area (Å²) in [6.07, 6.45) is 1.70. The van der Waals surface area contributed by atoms with Crippen LogP contribution in [0.25, 0.3) is 33.1 Å². The van der Waals surface area contributed by atoms with E-state index in [9.17, 15) is 0 Å². The van der Waals surface area contributed by atoms with Gasteiger partial charge in [-0.25, -0.2) is 9.97 Å². The Balaban J connectivity index is 1.98. The van der Waals surface area contributed by atoms with Crippen LogP contribution < -0.4 is 15.4 Å². The summed E-state index contributed by atoms with van der Waals surface area (Å²) in [6, 6.07) is 4.00. The molecule has 1 aromatic carbocycles. The van der Waals surface area contributed by atoms with Crippen LogP contribution in [0.2, 0.25) is 0 Å². The van der Waals surface area contributed by atoms with Crippen LogP contribution in [0.3, 0.4) is 0 Å². The van der Waals surface area contributed by atoms with E-state index in [1.807, 2.05) is 32.9 Å². The zero-order valence-electron chi connectivity index (χ0n) is 18.4. The molecule has 0 aliphatic heterocycles. The second-order valence-corrected chi connectivity index (χ2v) is 7.38.